The molecule has 0 bridgehead atoms. The van der Waals surface area contributed by atoms with Gasteiger partial charge in [0.15, 0.2) is 5.78 Å². The van der Waals surface area contributed by atoms with Crippen LogP contribution in [0.3, 0.4) is 0 Å². The second-order valence-electron chi connectivity index (χ2n) is 3.10. The van der Waals surface area contributed by atoms with Gasteiger partial charge >= 0.3 is 5.97 Å². The SMILES string of the molecule is CN[C@@H](CO)C(=O)CC(CO)C(=O)OC. The zero-order valence-corrected chi connectivity index (χ0v) is 8.90. The van der Waals surface area contributed by atoms with Gasteiger partial charge in [-0.15, -0.1) is 0 Å². The Morgan fingerprint density at radius 3 is 2.27 bits per heavy atom. The van der Waals surface area contributed by atoms with Crippen LogP contribution in [0, 0.1) is 5.92 Å². The smallest absolute Gasteiger partial charge is 0.311 e. The summed E-state index contributed by atoms with van der Waals surface area (Å²) in [5, 5.41) is 20.3. The highest BCUT2D eigenvalue weighted by Gasteiger charge is 2.25. The van der Waals surface area contributed by atoms with E-state index in [0.29, 0.717) is 0 Å². The second kappa shape index (κ2) is 7.33. The molecule has 3 N–H and O–H groups in total. The molecule has 0 spiro atoms. The number of rotatable bonds is 7. The molecule has 15 heavy (non-hydrogen) atoms. The van der Waals surface area contributed by atoms with Crippen molar-refractivity contribution in [2.24, 2.45) is 5.92 Å². The monoisotopic (exact) mass is 219 g/mol. The van der Waals surface area contributed by atoms with E-state index in [2.05, 4.69) is 10.1 Å². The molecule has 6 nitrogen and oxygen atoms in total. The van der Waals surface area contributed by atoms with Crippen molar-refractivity contribution in [2.45, 2.75) is 12.5 Å². The van der Waals surface area contributed by atoms with Crippen LogP contribution in [0.5, 0.6) is 0 Å². The minimum Gasteiger partial charge on any atom is -0.469 e. The number of esters is 1. The zero-order valence-electron chi connectivity index (χ0n) is 8.90. The molecule has 0 saturated carbocycles. The number of ether oxygens (including phenoxy) is 1. The van der Waals surface area contributed by atoms with Crippen LogP contribution in [0.1, 0.15) is 6.42 Å². The first-order valence-electron chi connectivity index (χ1n) is 4.60. The van der Waals surface area contributed by atoms with Crippen LogP contribution < -0.4 is 5.32 Å². The largest absolute Gasteiger partial charge is 0.469 e. The van der Waals surface area contributed by atoms with Crippen LogP contribution >= 0.6 is 0 Å². The first kappa shape index (κ1) is 14.0. The molecule has 6 heteroatoms. The Morgan fingerprint density at radius 1 is 1.33 bits per heavy atom. The van der Waals surface area contributed by atoms with E-state index in [1.807, 2.05) is 0 Å². The fourth-order valence-corrected chi connectivity index (χ4v) is 1.13. The third-order valence-electron chi connectivity index (χ3n) is 2.12. The molecule has 0 fully saturated rings. The minimum atomic E-state index is -0.857. The number of carbonyl (C=O) groups is 2. The molecule has 0 rings (SSSR count). The Labute approximate surface area is 88.2 Å². The van der Waals surface area contributed by atoms with Crippen LogP contribution in [0.2, 0.25) is 0 Å². The standard InChI is InChI=1S/C9H17NO5/c1-10-7(5-12)8(13)3-6(4-11)9(14)15-2/h6-7,10-12H,3-5H2,1-2H3/t6?,7-/m0/s1. The van der Waals surface area contributed by atoms with Crippen LogP contribution in [0.25, 0.3) is 0 Å². The Hall–Kier alpha value is -0.980. The number of carbonyl (C=O) groups excluding carboxylic acids is 2. The van der Waals surface area contributed by atoms with Crippen molar-refractivity contribution < 1.29 is 24.5 Å². The molecule has 0 aliphatic heterocycles. The molecular weight excluding hydrogens is 202 g/mol. The van der Waals surface area contributed by atoms with Gasteiger partial charge in [-0.25, -0.2) is 0 Å². The van der Waals surface area contributed by atoms with Crippen molar-refractivity contribution in [1.29, 1.82) is 0 Å². The molecule has 0 heterocycles. The molecule has 2 atom stereocenters. The molecule has 0 aliphatic rings. The molecule has 88 valence electrons. The fourth-order valence-electron chi connectivity index (χ4n) is 1.13. The number of ketones is 1. The lowest BCUT2D eigenvalue weighted by Crippen LogP contribution is -2.39. The lowest BCUT2D eigenvalue weighted by atomic mass is 10.00. The van der Waals surface area contributed by atoms with Crippen LogP contribution in [-0.2, 0) is 14.3 Å². The maximum atomic E-state index is 11.5. The van der Waals surface area contributed by atoms with E-state index in [1.54, 1.807) is 0 Å². The lowest BCUT2D eigenvalue weighted by Gasteiger charge is -2.15. The first-order chi connectivity index (χ1) is 7.10. The summed E-state index contributed by atoms with van der Waals surface area (Å²) in [4.78, 5) is 22.5. The topological polar surface area (TPSA) is 95.9 Å². The third kappa shape index (κ3) is 4.37. The third-order valence-corrected chi connectivity index (χ3v) is 2.12. The Bertz CT molecular complexity index is 215. The van der Waals surface area contributed by atoms with Gasteiger partial charge in [-0.1, -0.05) is 0 Å². The highest BCUT2D eigenvalue weighted by atomic mass is 16.5. The van der Waals surface area contributed by atoms with Crippen molar-refractivity contribution in [3.8, 4) is 0 Å². The van der Waals surface area contributed by atoms with Crippen LogP contribution in [0.4, 0.5) is 0 Å². The highest BCUT2D eigenvalue weighted by molar-refractivity contribution is 5.88. The van der Waals surface area contributed by atoms with E-state index in [1.165, 1.54) is 14.2 Å². The minimum absolute atomic E-state index is 0.144. The number of hydrogen-bond acceptors (Lipinski definition) is 6. The number of likely N-dealkylation sites (N-methyl/N-ethyl adjacent to an activating group) is 1. The molecule has 0 aliphatic carbocycles. The first-order valence-corrected chi connectivity index (χ1v) is 4.60. The summed E-state index contributed by atoms with van der Waals surface area (Å²) in [6.07, 6.45) is -0.144. The van der Waals surface area contributed by atoms with E-state index in [0.717, 1.165) is 0 Å². The summed E-state index contributed by atoms with van der Waals surface area (Å²) in [6.45, 7) is -0.783. The van der Waals surface area contributed by atoms with Gasteiger partial charge in [0.1, 0.15) is 0 Å². The van der Waals surface area contributed by atoms with Crippen LogP contribution in [-0.4, -0.2) is 55.4 Å². The van der Waals surface area contributed by atoms with Crippen molar-refractivity contribution in [2.75, 3.05) is 27.4 Å². The molecule has 0 amide bonds. The second-order valence-corrected chi connectivity index (χ2v) is 3.10. The molecule has 0 aromatic carbocycles. The predicted molar refractivity (Wildman–Crippen MR) is 52.1 cm³/mol. The van der Waals surface area contributed by atoms with E-state index in [9.17, 15) is 9.59 Å². The van der Waals surface area contributed by atoms with Gasteiger partial charge in [0.05, 0.1) is 32.3 Å². The number of nitrogens with one attached hydrogen (secondary N) is 1. The van der Waals surface area contributed by atoms with E-state index >= 15 is 0 Å². The van der Waals surface area contributed by atoms with E-state index < -0.39 is 24.5 Å². The summed E-state index contributed by atoms with van der Waals surface area (Å²) in [5.74, 6) is -1.81. The highest BCUT2D eigenvalue weighted by Crippen LogP contribution is 2.07. The number of aliphatic hydroxyl groups excluding tert-OH is 2. The van der Waals surface area contributed by atoms with Gasteiger partial charge in [-0.05, 0) is 7.05 Å². The van der Waals surface area contributed by atoms with Crippen molar-refractivity contribution in [3.05, 3.63) is 0 Å². The van der Waals surface area contributed by atoms with Gasteiger partial charge < -0.3 is 20.3 Å². The quantitative estimate of drug-likeness (QED) is 0.442. The molecular formula is C9H17NO5. The van der Waals surface area contributed by atoms with Gasteiger partial charge in [-0.2, -0.15) is 0 Å². The number of Topliss-reactive ketones (excluding diaryl/α,β-unsaturated/α-hetero) is 1. The van der Waals surface area contributed by atoms with Crippen molar-refractivity contribution in [1.82, 2.24) is 5.32 Å². The van der Waals surface area contributed by atoms with Crippen LogP contribution in [0.15, 0.2) is 0 Å². The lowest BCUT2D eigenvalue weighted by molar-refractivity contribution is -0.148. The summed E-state index contributed by atoms with van der Waals surface area (Å²) < 4.78 is 4.42. The number of aliphatic hydroxyl groups is 2. The molecule has 0 saturated heterocycles. The fraction of sp³-hybridized carbons (Fsp3) is 0.778. The van der Waals surface area contributed by atoms with Gasteiger partial charge in [0.2, 0.25) is 0 Å². The average Bonchev–Trinajstić information content (AvgIpc) is 2.26. The summed E-state index contributed by atoms with van der Waals surface area (Å²) in [7, 11) is 2.72. The molecule has 0 radical (unpaired) electrons. The van der Waals surface area contributed by atoms with E-state index in [-0.39, 0.29) is 18.8 Å². The summed E-state index contributed by atoms with van der Waals surface area (Å²) >= 11 is 0. The molecule has 0 aromatic rings. The van der Waals surface area contributed by atoms with E-state index in [4.69, 9.17) is 10.2 Å². The van der Waals surface area contributed by atoms with Crippen molar-refractivity contribution >= 4 is 11.8 Å². The summed E-state index contributed by atoms with van der Waals surface area (Å²) in [5.41, 5.74) is 0. The predicted octanol–water partition coefficient (Wildman–Crippen LogP) is -1.69. The number of hydrogen-bond donors (Lipinski definition) is 3. The Kier molecular flexibility index (Phi) is 6.85. The van der Waals surface area contributed by atoms with Crippen molar-refractivity contribution in [3.63, 3.8) is 0 Å². The average molecular weight is 219 g/mol. The van der Waals surface area contributed by atoms with Gasteiger partial charge in [-0.3, -0.25) is 9.59 Å². The normalized spacial score (nSPS) is 14.4. The Balaban J connectivity index is 4.29. The molecule has 0 aromatic heterocycles. The summed E-state index contributed by atoms with van der Waals surface area (Å²) in [6, 6.07) is -0.705. The molecule has 1 unspecified atom stereocenters. The Morgan fingerprint density at radius 2 is 1.93 bits per heavy atom. The maximum absolute atomic E-state index is 11.5. The van der Waals surface area contributed by atoms with Gasteiger partial charge in [0, 0.05) is 6.42 Å². The van der Waals surface area contributed by atoms with Gasteiger partial charge in [0.25, 0.3) is 0 Å². The number of methoxy groups -OCH3 is 1. The zero-order chi connectivity index (χ0) is 11.8. The maximum Gasteiger partial charge on any atom is 0.311 e.